The van der Waals surface area contributed by atoms with Gasteiger partial charge < -0.3 is 29.1 Å². The van der Waals surface area contributed by atoms with Crippen molar-refractivity contribution < 1.29 is 36.9 Å². The average molecular weight is 471 g/mol. The van der Waals surface area contributed by atoms with Gasteiger partial charge in [0.1, 0.15) is 11.5 Å². The standard InChI is InChI=1S/C20H26N2O9S/c1-11-9-14(23)17(20(25)31-11)13(10-16(24)22-7-8-32(21,26)27)12-5-6-15(28-2)19(30-4)18(12)29-3/h5-6,9,13,23H,7-8,10H2,1-4H3,(H,22,24)(H2,21,26,27). The van der Waals surface area contributed by atoms with Crippen LogP contribution in [0.1, 0.15) is 29.2 Å². The van der Waals surface area contributed by atoms with E-state index >= 15 is 0 Å². The molecule has 12 heteroatoms. The first kappa shape index (κ1) is 25.0. The number of primary sulfonamides is 1. The Morgan fingerprint density at radius 3 is 2.38 bits per heavy atom. The summed E-state index contributed by atoms with van der Waals surface area (Å²) < 4.78 is 43.5. The molecular weight excluding hydrogens is 444 g/mol. The van der Waals surface area contributed by atoms with Gasteiger partial charge in [0.15, 0.2) is 11.5 Å². The number of carbonyl (C=O) groups excluding carboxylic acids is 1. The summed E-state index contributed by atoms with van der Waals surface area (Å²) in [5, 5.41) is 17.9. The quantitative estimate of drug-likeness (QED) is 0.450. The Morgan fingerprint density at radius 1 is 1.19 bits per heavy atom. The maximum Gasteiger partial charge on any atom is 0.343 e. The lowest BCUT2D eigenvalue weighted by Gasteiger charge is -2.22. The zero-order chi connectivity index (χ0) is 24.1. The molecule has 0 aliphatic rings. The van der Waals surface area contributed by atoms with E-state index in [0.29, 0.717) is 11.3 Å². The number of benzene rings is 1. The summed E-state index contributed by atoms with van der Waals surface area (Å²) in [5.41, 5.74) is -0.650. The van der Waals surface area contributed by atoms with Crippen molar-refractivity contribution in [1.29, 1.82) is 0 Å². The molecule has 0 saturated heterocycles. The van der Waals surface area contributed by atoms with E-state index in [1.54, 1.807) is 12.1 Å². The summed E-state index contributed by atoms with van der Waals surface area (Å²) in [6.07, 6.45) is -0.335. The van der Waals surface area contributed by atoms with E-state index in [0.717, 1.165) is 0 Å². The molecule has 1 atom stereocenters. The van der Waals surface area contributed by atoms with Gasteiger partial charge in [-0.3, -0.25) is 4.79 Å². The molecule has 1 unspecified atom stereocenters. The highest BCUT2D eigenvalue weighted by Gasteiger charge is 2.30. The Morgan fingerprint density at radius 2 is 1.84 bits per heavy atom. The highest BCUT2D eigenvalue weighted by atomic mass is 32.2. The Labute approximate surface area is 185 Å². The first-order valence-electron chi connectivity index (χ1n) is 9.42. The highest BCUT2D eigenvalue weighted by Crippen LogP contribution is 2.45. The fourth-order valence-corrected chi connectivity index (χ4v) is 3.67. The minimum absolute atomic E-state index is 0.164. The maximum atomic E-state index is 12.6. The number of sulfonamides is 1. The number of hydrogen-bond donors (Lipinski definition) is 3. The van der Waals surface area contributed by atoms with Crippen LogP contribution in [0, 0.1) is 6.92 Å². The molecule has 0 radical (unpaired) electrons. The summed E-state index contributed by atoms with van der Waals surface area (Å²) in [7, 11) is 0.446. The second kappa shape index (κ2) is 10.4. The minimum Gasteiger partial charge on any atom is -0.507 e. The lowest BCUT2D eigenvalue weighted by Crippen LogP contribution is -2.33. The number of methoxy groups -OCH3 is 3. The van der Waals surface area contributed by atoms with Crippen LogP contribution < -0.4 is 30.3 Å². The zero-order valence-electron chi connectivity index (χ0n) is 18.1. The molecule has 1 aromatic carbocycles. The van der Waals surface area contributed by atoms with Crippen LogP contribution in [0.25, 0.3) is 0 Å². The Kier molecular flexibility index (Phi) is 8.11. The molecule has 1 heterocycles. The van der Waals surface area contributed by atoms with Gasteiger partial charge in [0.05, 0.1) is 32.6 Å². The summed E-state index contributed by atoms with van der Waals surface area (Å²) in [6.45, 7) is 1.28. The number of amides is 1. The molecule has 1 aromatic heterocycles. The van der Waals surface area contributed by atoms with Crippen LogP contribution in [0.5, 0.6) is 23.0 Å². The van der Waals surface area contributed by atoms with Gasteiger partial charge in [-0.05, 0) is 13.0 Å². The Hall–Kier alpha value is -3.25. The Bertz CT molecular complexity index is 1140. The third-order valence-corrected chi connectivity index (χ3v) is 5.42. The van der Waals surface area contributed by atoms with Crippen molar-refractivity contribution >= 4 is 15.9 Å². The monoisotopic (exact) mass is 470 g/mol. The van der Waals surface area contributed by atoms with Crippen molar-refractivity contribution in [3.8, 4) is 23.0 Å². The van der Waals surface area contributed by atoms with Gasteiger partial charge in [0, 0.05) is 30.5 Å². The van der Waals surface area contributed by atoms with Gasteiger partial charge in [-0.1, -0.05) is 6.07 Å². The van der Waals surface area contributed by atoms with Gasteiger partial charge in [0.2, 0.25) is 21.7 Å². The predicted molar refractivity (Wildman–Crippen MR) is 115 cm³/mol. The molecule has 4 N–H and O–H groups in total. The molecule has 0 spiro atoms. The van der Waals surface area contributed by atoms with Crippen molar-refractivity contribution in [1.82, 2.24) is 5.32 Å². The molecule has 1 amide bonds. The van der Waals surface area contributed by atoms with Crippen molar-refractivity contribution in [2.24, 2.45) is 5.14 Å². The first-order valence-corrected chi connectivity index (χ1v) is 11.1. The summed E-state index contributed by atoms with van der Waals surface area (Å²) in [5.74, 6) is -1.47. The SMILES string of the molecule is COc1ccc(C(CC(=O)NCCS(N)(=O)=O)c2c(O)cc(C)oc2=O)c(OC)c1OC. The van der Waals surface area contributed by atoms with Crippen molar-refractivity contribution in [2.45, 2.75) is 19.3 Å². The largest absolute Gasteiger partial charge is 0.507 e. The second-order valence-electron chi connectivity index (χ2n) is 6.84. The normalized spacial score (nSPS) is 12.2. The van der Waals surface area contributed by atoms with Crippen LogP contribution in [0.15, 0.2) is 27.4 Å². The van der Waals surface area contributed by atoms with Crippen LogP contribution in [0.4, 0.5) is 0 Å². The number of rotatable bonds is 10. The van der Waals surface area contributed by atoms with Crippen LogP contribution >= 0.6 is 0 Å². The van der Waals surface area contributed by atoms with Crippen LogP contribution in [-0.4, -0.2) is 53.1 Å². The van der Waals surface area contributed by atoms with Gasteiger partial charge in [-0.2, -0.15) is 0 Å². The molecular formula is C20H26N2O9S. The molecule has 0 aliphatic carbocycles. The number of nitrogens with one attached hydrogen (secondary N) is 1. The topological polar surface area (TPSA) is 167 Å². The number of hydrogen-bond acceptors (Lipinski definition) is 9. The van der Waals surface area contributed by atoms with Gasteiger partial charge >= 0.3 is 5.63 Å². The summed E-state index contributed by atoms with van der Waals surface area (Å²) in [6, 6.07) is 4.40. The highest BCUT2D eigenvalue weighted by molar-refractivity contribution is 7.89. The van der Waals surface area contributed by atoms with E-state index in [2.05, 4.69) is 5.32 Å². The molecule has 2 rings (SSSR count). The van der Waals surface area contributed by atoms with E-state index in [1.165, 1.54) is 34.3 Å². The van der Waals surface area contributed by atoms with Gasteiger partial charge in [-0.15, -0.1) is 0 Å². The van der Waals surface area contributed by atoms with E-state index in [-0.39, 0.29) is 41.5 Å². The fourth-order valence-electron chi connectivity index (χ4n) is 3.28. The average Bonchev–Trinajstić information content (AvgIpc) is 2.70. The first-order chi connectivity index (χ1) is 15.0. The van der Waals surface area contributed by atoms with Crippen molar-refractivity contribution in [3.05, 3.63) is 45.5 Å². The third kappa shape index (κ3) is 5.92. The minimum atomic E-state index is -3.77. The van der Waals surface area contributed by atoms with Crippen LogP contribution in [-0.2, 0) is 14.8 Å². The number of aryl methyl sites for hydroxylation is 1. The number of aromatic hydroxyl groups is 1. The molecule has 0 saturated carbocycles. The summed E-state index contributed by atoms with van der Waals surface area (Å²) in [4.78, 5) is 25.2. The molecule has 0 bridgehead atoms. The van der Waals surface area contributed by atoms with E-state index in [9.17, 15) is 23.1 Å². The maximum absolute atomic E-state index is 12.6. The second-order valence-corrected chi connectivity index (χ2v) is 8.57. The molecule has 0 fully saturated rings. The molecule has 32 heavy (non-hydrogen) atoms. The zero-order valence-corrected chi connectivity index (χ0v) is 18.9. The molecule has 11 nitrogen and oxygen atoms in total. The van der Waals surface area contributed by atoms with Crippen molar-refractivity contribution in [2.75, 3.05) is 33.6 Å². The van der Waals surface area contributed by atoms with Gasteiger partial charge in [0.25, 0.3) is 0 Å². The van der Waals surface area contributed by atoms with E-state index < -0.39 is 33.2 Å². The molecule has 0 aliphatic heterocycles. The van der Waals surface area contributed by atoms with Gasteiger partial charge in [-0.25, -0.2) is 18.4 Å². The van der Waals surface area contributed by atoms with Crippen molar-refractivity contribution in [3.63, 3.8) is 0 Å². The third-order valence-electron chi connectivity index (χ3n) is 4.65. The fraction of sp³-hybridized carbons (Fsp3) is 0.400. The number of nitrogens with two attached hydrogens (primary N) is 1. The smallest absolute Gasteiger partial charge is 0.343 e. The van der Waals surface area contributed by atoms with Crippen LogP contribution in [0.3, 0.4) is 0 Å². The molecule has 2 aromatic rings. The number of ether oxygens (including phenoxy) is 3. The summed E-state index contributed by atoms with van der Waals surface area (Å²) >= 11 is 0. The molecule has 176 valence electrons. The lowest BCUT2D eigenvalue weighted by atomic mass is 9.87. The van der Waals surface area contributed by atoms with E-state index in [1.807, 2.05) is 0 Å². The lowest BCUT2D eigenvalue weighted by molar-refractivity contribution is -0.121. The van der Waals surface area contributed by atoms with E-state index in [4.69, 9.17) is 23.8 Å². The number of carbonyl (C=O) groups is 1. The van der Waals surface area contributed by atoms with Crippen LogP contribution in [0.2, 0.25) is 0 Å². The Balaban J connectivity index is 2.58. The predicted octanol–water partition coefficient (Wildman–Crippen LogP) is 0.606.